The van der Waals surface area contributed by atoms with Crippen molar-refractivity contribution in [3.63, 3.8) is 0 Å². The smallest absolute Gasteiger partial charge is 0.308 e. The van der Waals surface area contributed by atoms with Crippen molar-refractivity contribution >= 4 is 17.8 Å². The van der Waals surface area contributed by atoms with Gasteiger partial charge in [0.2, 0.25) is 5.91 Å². The second-order valence-electron chi connectivity index (χ2n) is 5.99. The zero-order valence-electron chi connectivity index (χ0n) is 15.4. The molecule has 1 aromatic carbocycles. The standard InChI is InChI=1S/C18H26N2O5/c1-12(2)20(4)17(22)11-25-18(23)10-16(19-13(3)21)14-6-8-15(24-5)9-7-14/h6-9,12,16H,10-11H2,1-5H3,(H,19,21). The fourth-order valence-electron chi connectivity index (χ4n) is 2.09. The average Bonchev–Trinajstić information content (AvgIpc) is 2.58. The van der Waals surface area contributed by atoms with Crippen LogP contribution in [0.15, 0.2) is 24.3 Å². The first kappa shape index (κ1) is 20.5. The minimum Gasteiger partial charge on any atom is -0.497 e. The lowest BCUT2D eigenvalue weighted by Crippen LogP contribution is -2.36. The zero-order valence-corrected chi connectivity index (χ0v) is 15.4. The van der Waals surface area contributed by atoms with Crippen LogP contribution >= 0.6 is 0 Å². The number of carbonyl (C=O) groups is 3. The summed E-state index contributed by atoms with van der Waals surface area (Å²) in [6.07, 6.45) is -0.0649. The summed E-state index contributed by atoms with van der Waals surface area (Å²) in [6.45, 7) is 4.80. The summed E-state index contributed by atoms with van der Waals surface area (Å²) in [4.78, 5) is 36.8. The average molecular weight is 350 g/mol. The van der Waals surface area contributed by atoms with Crippen LogP contribution in [-0.2, 0) is 19.1 Å². The molecule has 1 unspecified atom stereocenters. The topological polar surface area (TPSA) is 84.9 Å². The van der Waals surface area contributed by atoms with E-state index in [4.69, 9.17) is 9.47 Å². The Labute approximate surface area is 148 Å². The monoisotopic (exact) mass is 350 g/mol. The number of amides is 2. The van der Waals surface area contributed by atoms with E-state index in [1.165, 1.54) is 11.8 Å². The number of benzene rings is 1. The highest BCUT2D eigenvalue weighted by Gasteiger charge is 2.20. The summed E-state index contributed by atoms with van der Waals surface area (Å²) in [7, 11) is 3.21. The van der Waals surface area contributed by atoms with E-state index >= 15 is 0 Å². The molecule has 0 bridgehead atoms. The number of nitrogens with one attached hydrogen (secondary N) is 1. The molecular weight excluding hydrogens is 324 g/mol. The Kier molecular flexibility index (Phi) is 7.91. The van der Waals surface area contributed by atoms with E-state index in [1.54, 1.807) is 38.4 Å². The summed E-state index contributed by atoms with van der Waals surface area (Å²) >= 11 is 0. The molecule has 1 atom stereocenters. The molecule has 7 heteroatoms. The third-order valence-electron chi connectivity index (χ3n) is 3.79. The number of methoxy groups -OCH3 is 1. The highest BCUT2D eigenvalue weighted by Crippen LogP contribution is 2.21. The molecule has 0 saturated carbocycles. The molecule has 0 fully saturated rings. The molecule has 25 heavy (non-hydrogen) atoms. The number of hydrogen-bond donors (Lipinski definition) is 1. The van der Waals surface area contributed by atoms with Crippen LogP contribution in [0, 0.1) is 0 Å². The molecule has 1 aromatic rings. The minimum absolute atomic E-state index is 0.0256. The van der Waals surface area contributed by atoms with Crippen molar-refractivity contribution in [2.24, 2.45) is 0 Å². The summed E-state index contributed by atoms with van der Waals surface area (Å²) < 4.78 is 10.1. The normalized spacial score (nSPS) is 11.6. The first-order valence-corrected chi connectivity index (χ1v) is 8.07. The number of likely N-dealkylation sites (N-methyl/N-ethyl adjacent to an activating group) is 1. The molecule has 0 spiro atoms. The molecule has 0 saturated heterocycles. The van der Waals surface area contributed by atoms with Gasteiger partial charge in [-0.05, 0) is 31.5 Å². The SMILES string of the molecule is COc1ccc(C(CC(=O)OCC(=O)N(C)C(C)C)NC(C)=O)cc1. The largest absolute Gasteiger partial charge is 0.497 e. The van der Waals surface area contributed by atoms with E-state index in [0.717, 1.165) is 5.56 Å². The van der Waals surface area contributed by atoms with Gasteiger partial charge < -0.3 is 19.7 Å². The molecule has 0 aliphatic carbocycles. The lowest BCUT2D eigenvalue weighted by molar-refractivity contribution is -0.152. The predicted molar refractivity (Wildman–Crippen MR) is 93.0 cm³/mol. The summed E-state index contributed by atoms with van der Waals surface area (Å²) in [6, 6.07) is 6.52. The lowest BCUT2D eigenvalue weighted by Gasteiger charge is -2.22. The van der Waals surface area contributed by atoms with Crippen molar-refractivity contribution in [3.8, 4) is 5.75 Å². The minimum atomic E-state index is -0.555. The van der Waals surface area contributed by atoms with E-state index in [0.29, 0.717) is 5.75 Å². The van der Waals surface area contributed by atoms with E-state index in [2.05, 4.69) is 5.32 Å². The highest BCUT2D eigenvalue weighted by molar-refractivity contribution is 5.81. The summed E-state index contributed by atoms with van der Waals surface area (Å²) in [5.74, 6) is -0.414. The van der Waals surface area contributed by atoms with Gasteiger partial charge in [0.05, 0.1) is 19.6 Å². The fourth-order valence-corrected chi connectivity index (χ4v) is 2.09. The Morgan fingerprint density at radius 3 is 2.24 bits per heavy atom. The molecule has 0 aliphatic heterocycles. The summed E-state index contributed by atoms with van der Waals surface area (Å²) in [5.41, 5.74) is 0.749. The van der Waals surface area contributed by atoms with Crippen molar-refractivity contribution in [3.05, 3.63) is 29.8 Å². The molecule has 0 aromatic heterocycles. The predicted octanol–water partition coefficient (Wildman–Crippen LogP) is 1.67. The van der Waals surface area contributed by atoms with Crippen molar-refractivity contribution in [1.82, 2.24) is 10.2 Å². The maximum absolute atomic E-state index is 12.1. The fraction of sp³-hybridized carbons (Fsp3) is 0.500. The first-order valence-electron chi connectivity index (χ1n) is 8.07. The van der Waals surface area contributed by atoms with Gasteiger partial charge in [-0.1, -0.05) is 12.1 Å². The third kappa shape index (κ3) is 6.82. The molecular formula is C18H26N2O5. The van der Waals surface area contributed by atoms with Crippen LogP contribution in [0.5, 0.6) is 5.75 Å². The Morgan fingerprint density at radius 1 is 1.16 bits per heavy atom. The van der Waals surface area contributed by atoms with Gasteiger partial charge >= 0.3 is 5.97 Å². The Hall–Kier alpha value is -2.57. The van der Waals surface area contributed by atoms with E-state index in [9.17, 15) is 14.4 Å². The Bertz CT molecular complexity index is 598. The van der Waals surface area contributed by atoms with Gasteiger partial charge in [0.1, 0.15) is 5.75 Å². The van der Waals surface area contributed by atoms with Gasteiger partial charge in [0, 0.05) is 20.0 Å². The van der Waals surface area contributed by atoms with Crippen molar-refractivity contribution < 1.29 is 23.9 Å². The summed E-state index contributed by atoms with van der Waals surface area (Å²) in [5, 5.41) is 2.72. The van der Waals surface area contributed by atoms with Crippen LogP contribution in [0.4, 0.5) is 0 Å². The van der Waals surface area contributed by atoms with Crippen molar-refractivity contribution in [1.29, 1.82) is 0 Å². The van der Waals surface area contributed by atoms with Gasteiger partial charge in [0.15, 0.2) is 6.61 Å². The van der Waals surface area contributed by atoms with Crippen LogP contribution < -0.4 is 10.1 Å². The second kappa shape index (κ2) is 9.66. The van der Waals surface area contributed by atoms with Crippen LogP contribution in [0.2, 0.25) is 0 Å². The highest BCUT2D eigenvalue weighted by atomic mass is 16.5. The number of carbonyl (C=O) groups excluding carboxylic acids is 3. The number of esters is 1. The van der Waals surface area contributed by atoms with Gasteiger partial charge in [-0.2, -0.15) is 0 Å². The molecule has 1 rings (SSSR count). The Morgan fingerprint density at radius 2 is 1.76 bits per heavy atom. The van der Waals surface area contributed by atoms with Crippen LogP contribution in [0.1, 0.15) is 38.8 Å². The molecule has 0 heterocycles. The number of rotatable bonds is 8. The molecule has 7 nitrogen and oxygen atoms in total. The molecule has 1 N–H and O–H groups in total. The maximum atomic E-state index is 12.1. The van der Waals surface area contributed by atoms with Crippen LogP contribution in [0.3, 0.4) is 0 Å². The zero-order chi connectivity index (χ0) is 19.0. The van der Waals surface area contributed by atoms with Crippen molar-refractivity contribution in [2.75, 3.05) is 20.8 Å². The van der Waals surface area contributed by atoms with Gasteiger partial charge in [-0.15, -0.1) is 0 Å². The van der Waals surface area contributed by atoms with Gasteiger partial charge in [-0.3, -0.25) is 14.4 Å². The maximum Gasteiger partial charge on any atom is 0.308 e. The number of ether oxygens (including phenoxy) is 2. The molecule has 2 amide bonds. The number of hydrogen-bond acceptors (Lipinski definition) is 5. The van der Waals surface area contributed by atoms with E-state index < -0.39 is 12.0 Å². The quantitative estimate of drug-likeness (QED) is 0.721. The Balaban J connectivity index is 2.69. The molecule has 138 valence electrons. The van der Waals surface area contributed by atoms with Crippen molar-refractivity contribution in [2.45, 2.75) is 39.3 Å². The number of nitrogens with zero attached hydrogens (tertiary/aromatic N) is 1. The molecule has 0 aliphatic rings. The van der Waals surface area contributed by atoms with E-state index in [-0.39, 0.29) is 30.9 Å². The first-order chi connectivity index (χ1) is 11.7. The van der Waals surface area contributed by atoms with Gasteiger partial charge in [-0.25, -0.2) is 0 Å². The van der Waals surface area contributed by atoms with Gasteiger partial charge in [0.25, 0.3) is 5.91 Å². The second-order valence-corrected chi connectivity index (χ2v) is 5.99. The lowest BCUT2D eigenvalue weighted by atomic mass is 10.0. The third-order valence-corrected chi connectivity index (χ3v) is 3.79. The molecule has 0 radical (unpaired) electrons. The van der Waals surface area contributed by atoms with Crippen LogP contribution in [-0.4, -0.2) is 49.5 Å². The van der Waals surface area contributed by atoms with Crippen LogP contribution in [0.25, 0.3) is 0 Å². The van der Waals surface area contributed by atoms with E-state index in [1.807, 2.05) is 13.8 Å².